The Hall–Kier alpha value is -8.02. The van der Waals surface area contributed by atoms with Gasteiger partial charge in [0.1, 0.15) is 0 Å². The predicted octanol–water partition coefficient (Wildman–Crippen LogP) is 18.8. The Labute approximate surface area is 437 Å². The van der Waals surface area contributed by atoms with Gasteiger partial charge in [-0.3, -0.25) is 0 Å². The predicted molar refractivity (Wildman–Crippen MR) is 305 cm³/mol. The second kappa shape index (κ2) is 18.2. The Morgan fingerprint density at radius 2 is 0.685 bits per heavy atom. The van der Waals surface area contributed by atoms with Crippen LogP contribution in [0.4, 0.5) is 0 Å². The van der Waals surface area contributed by atoms with Crippen LogP contribution < -0.4 is 0 Å². The lowest BCUT2D eigenvalue weighted by Crippen LogP contribution is -2.37. The van der Waals surface area contributed by atoms with Crippen molar-refractivity contribution < 1.29 is 0 Å². The van der Waals surface area contributed by atoms with Gasteiger partial charge >= 0.3 is 0 Å². The van der Waals surface area contributed by atoms with Crippen LogP contribution in [0.1, 0.15) is 48.6 Å². The second-order valence-corrected chi connectivity index (χ2v) is 22.0. The van der Waals surface area contributed by atoms with Crippen molar-refractivity contribution in [1.29, 1.82) is 0 Å². The molecule has 0 radical (unpaired) electrons. The minimum absolute atomic E-state index is 0.255. The third-order valence-electron chi connectivity index (χ3n) is 14.6. The van der Waals surface area contributed by atoms with Crippen LogP contribution in [-0.2, 0) is 10.8 Å². The third kappa shape index (κ3) is 7.42. The molecule has 0 saturated heterocycles. The molecule has 348 valence electrons. The van der Waals surface area contributed by atoms with Gasteiger partial charge in [0.25, 0.3) is 0 Å². The monoisotopic (exact) mass is 970 g/mol. The van der Waals surface area contributed by atoms with E-state index in [4.69, 9.17) is 9.97 Å². The highest BCUT2D eigenvalue weighted by Crippen LogP contribution is 2.64. The van der Waals surface area contributed by atoms with Crippen LogP contribution >= 0.6 is 23.5 Å². The zero-order valence-corrected chi connectivity index (χ0v) is 42.5. The van der Waals surface area contributed by atoms with Crippen LogP contribution in [0, 0.1) is 0 Å². The summed E-state index contributed by atoms with van der Waals surface area (Å²) in [5, 5.41) is 0. The minimum Gasteiger partial charge on any atom is -0.236 e. The average Bonchev–Trinajstić information content (AvgIpc) is 3.45. The molecular formula is C69H50N2S2. The number of aromatic nitrogens is 2. The fourth-order valence-corrected chi connectivity index (χ4v) is 14.1. The molecule has 73 heavy (non-hydrogen) atoms. The fourth-order valence-electron chi connectivity index (χ4n) is 11.6. The normalized spacial score (nSPS) is 13.1. The number of rotatable bonds is 7. The summed E-state index contributed by atoms with van der Waals surface area (Å²) < 4.78 is 0. The molecule has 0 N–H and O–H groups in total. The Morgan fingerprint density at radius 1 is 0.329 bits per heavy atom. The molecule has 0 amide bonds. The van der Waals surface area contributed by atoms with Crippen molar-refractivity contribution in [1.82, 2.24) is 9.97 Å². The summed E-state index contributed by atoms with van der Waals surface area (Å²) in [6.45, 7) is 6.97. The Bertz CT molecular complexity index is 3700. The van der Waals surface area contributed by atoms with Crippen molar-refractivity contribution in [3.05, 3.63) is 277 Å². The number of fused-ring (bicyclic) bond motifs is 8. The van der Waals surface area contributed by atoms with Crippen LogP contribution in [0.25, 0.3) is 78.3 Å². The lowest BCUT2D eigenvalue weighted by atomic mass is 9.63. The molecule has 0 fully saturated rings. The van der Waals surface area contributed by atoms with Crippen molar-refractivity contribution in [3.8, 4) is 78.3 Å². The van der Waals surface area contributed by atoms with Crippen LogP contribution in [0.15, 0.2) is 268 Å². The summed E-state index contributed by atoms with van der Waals surface area (Å²) in [7, 11) is 0. The Balaban J connectivity index is 1.19. The number of hydrogen-bond donors (Lipinski definition) is 0. The van der Waals surface area contributed by atoms with E-state index in [0.717, 1.165) is 66.9 Å². The van der Waals surface area contributed by atoms with Gasteiger partial charge in [-0.15, -0.1) is 0 Å². The van der Waals surface area contributed by atoms with Gasteiger partial charge in [0.15, 0.2) is 5.82 Å². The van der Waals surface area contributed by atoms with Gasteiger partial charge in [-0.25, -0.2) is 9.97 Å². The molecule has 3 heterocycles. The molecule has 2 aliphatic rings. The quantitative estimate of drug-likeness (QED) is 0.159. The molecule has 1 spiro atoms. The minimum atomic E-state index is -0.582. The van der Waals surface area contributed by atoms with Gasteiger partial charge in [-0.2, -0.15) is 0 Å². The molecule has 2 aliphatic heterocycles. The maximum absolute atomic E-state index is 5.99. The molecule has 0 saturated carbocycles. The van der Waals surface area contributed by atoms with Crippen LogP contribution in [0.5, 0.6) is 0 Å². The van der Waals surface area contributed by atoms with Gasteiger partial charge in [-0.1, -0.05) is 263 Å². The summed E-state index contributed by atoms with van der Waals surface area (Å²) in [5.41, 5.74) is 19.9. The number of benzene rings is 10. The largest absolute Gasteiger partial charge is 0.236 e. The van der Waals surface area contributed by atoms with Gasteiger partial charge < -0.3 is 0 Å². The molecule has 11 aromatic rings. The molecule has 0 unspecified atom stereocenters. The van der Waals surface area contributed by atoms with Crippen LogP contribution in [0.2, 0.25) is 0 Å². The first-order chi connectivity index (χ1) is 35.9. The highest BCUT2D eigenvalue weighted by molar-refractivity contribution is 8.00. The van der Waals surface area contributed by atoms with E-state index in [0.29, 0.717) is 5.82 Å². The first kappa shape index (κ1) is 44.9. The summed E-state index contributed by atoms with van der Waals surface area (Å²) in [4.78, 5) is 16.4. The highest BCUT2D eigenvalue weighted by Gasteiger charge is 2.50. The van der Waals surface area contributed by atoms with Crippen molar-refractivity contribution in [2.45, 2.75) is 51.2 Å². The maximum atomic E-state index is 5.99. The highest BCUT2D eigenvalue weighted by atomic mass is 32.2. The molecule has 10 aromatic carbocycles. The molecule has 0 aliphatic carbocycles. The van der Waals surface area contributed by atoms with E-state index < -0.39 is 5.41 Å². The molecular weight excluding hydrogens is 921 g/mol. The zero-order chi connectivity index (χ0) is 49.1. The zero-order valence-electron chi connectivity index (χ0n) is 40.9. The standard InChI is InChI=1S/C69H50N2S2/c1-68(2,3)53-41-42-54-66(73-58-40-24-21-37-52(58)69(54)50-35-19-22-38-56(50)72-57-39-23-20-36-51(57)69)64(53)67-70-44-43-55(71-67)65-62(48-31-15-7-16-32-48)60(46-27-11-5-12-28-46)59(45-25-9-4-10-26-45)61(47-29-13-6-14-30-47)63(65)49-33-17-8-18-34-49/h4-44H,1-3H3. The van der Waals surface area contributed by atoms with Crippen LogP contribution in [0.3, 0.4) is 0 Å². The van der Waals surface area contributed by atoms with Gasteiger partial charge in [0, 0.05) is 48.0 Å². The average molecular weight is 971 g/mol. The maximum Gasteiger partial charge on any atom is 0.161 e. The second-order valence-electron chi connectivity index (χ2n) is 19.9. The summed E-state index contributed by atoms with van der Waals surface area (Å²) in [6.07, 6.45) is 2.00. The molecule has 2 nitrogen and oxygen atoms in total. The molecule has 13 rings (SSSR count). The third-order valence-corrected chi connectivity index (χ3v) is 17.0. The summed E-state index contributed by atoms with van der Waals surface area (Å²) >= 11 is 3.74. The fraction of sp³-hybridized carbons (Fsp3) is 0.0725. The lowest BCUT2D eigenvalue weighted by Gasteiger charge is -2.46. The smallest absolute Gasteiger partial charge is 0.161 e. The van der Waals surface area contributed by atoms with E-state index >= 15 is 0 Å². The van der Waals surface area contributed by atoms with Crippen molar-refractivity contribution in [2.75, 3.05) is 0 Å². The van der Waals surface area contributed by atoms with E-state index in [-0.39, 0.29) is 5.41 Å². The number of nitrogens with zero attached hydrogens (tertiary/aromatic N) is 2. The lowest BCUT2D eigenvalue weighted by molar-refractivity contribution is 0.586. The van der Waals surface area contributed by atoms with Gasteiger partial charge in [-0.05, 0) is 102 Å². The van der Waals surface area contributed by atoms with E-state index in [1.807, 2.05) is 29.7 Å². The van der Waals surface area contributed by atoms with E-state index in [2.05, 4.69) is 263 Å². The van der Waals surface area contributed by atoms with Crippen molar-refractivity contribution in [3.63, 3.8) is 0 Å². The first-order valence-electron chi connectivity index (χ1n) is 25.1. The van der Waals surface area contributed by atoms with E-state index in [1.54, 1.807) is 0 Å². The van der Waals surface area contributed by atoms with Gasteiger partial charge in [0.2, 0.25) is 0 Å². The van der Waals surface area contributed by atoms with Crippen LogP contribution in [-0.4, -0.2) is 9.97 Å². The van der Waals surface area contributed by atoms with E-state index in [1.165, 1.54) is 53.0 Å². The summed E-state index contributed by atoms with van der Waals surface area (Å²) in [6, 6.07) is 88.8. The topological polar surface area (TPSA) is 25.8 Å². The Morgan fingerprint density at radius 3 is 1.08 bits per heavy atom. The Kier molecular flexibility index (Phi) is 11.2. The summed E-state index contributed by atoms with van der Waals surface area (Å²) in [5.74, 6) is 0.709. The first-order valence-corrected chi connectivity index (χ1v) is 26.7. The van der Waals surface area contributed by atoms with E-state index in [9.17, 15) is 0 Å². The number of hydrogen-bond acceptors (Lipinski definition) is 4. The van der Waals surface area contributed by atoms with Crippen molar-refractivity contribution in [2.24, 2.45) is 0 Å². The SMILES string of the molecule is CC(C)(C)c1ccc2c(c1-c1nccc(-c3c(-c4ccccc4)c(-c4ccccc4)c(-c4ccccc4)c(-c4ccccc4)c3-c3ccccc3)n1)Sc1ccccc1C21c2ccccc2Sc2ccccc21. The molecule has 4 heteroatoms. The molecule has 0 atom stereocenters. The van der Waals surface area contributed by atoms with Crippen molar-refractivity contribution >= 4 is 23.5 Å². The van der Waals surface area contributed by atoms with Gasteiger partial charge in [0.05, 0.1) is 11.1 Å². The molecule has 0 bridgehead atoms. The molecule has 1 aromatic heterocycles.